The van der Waals surface area contributed by atoms with Gasteiger partial charge in [-0.05, 0) is 37.3 Å². The second kappa shape index (κ2) is 5.87. The fourth-order valence-corrected chi connectivity index (χ4v) is 1.46. The van der Waals surface area contributed by atoms with Crippen molar-refractivity contribution in [2.45, 2.75) is 6.92 Å². The summed E-state index contributed by atoms with van der Waals surface area (Å²) in [5.74, 6) is -0.602. The van der Waals surface area contributed by atoms with Crippen molar-refractivity contribution >= 4 is 11.9 Å². The Morgan fingerprint density at radius 3 is 2.40 bits per heavy atom. The summed E-state index contributed by atoms with van der Waals surface area (Å²) in [7, 11) is 0. The van der Waals surface area contributed by atoms with Crippen LogP contribution in [-0.4, -0.2) is 17.5 Å². The number of nitro groups is 1. The summed E-state index contributed by atoms with van der Waals surface area (Å²) < 4.78 is 15.0. The van der Waals surface area contributed by atoms with Gasteiger partial charge in [-0.1, -0.05) is 0 Å². The summed E-state index contributed by atoms with van der Waals surface area (Å²) >= 11 is 0. The number of carbonyl (C=O) groups excluding carboxylic acids is 1. The Bertz CT molecular complexity index is 616. The molecular formula is C13H11NO6. The van der Waals surface area contributed by atoms with Crippen LogP contribution in [0, 0.1) is 10.1 Å². The first-order chi connectivity index (χ1) is 9.60. The van der Waals surface area contributed by atoms with Crippen LogP contribution in [0.25, 0.3) is 0 Å². The highest BCUT2D eigenvalue weighted by Crippen LogP contribution is 2.20. The van der Waals surface area contributed by atoms with Crippen molar-refractivity contribution < 1.29 is 23.6 Å². The van der Waals surface area contributed by atoms with E-state index in [0.717, 1.165) is 6.07 Å². The molecule has 0 N–H and O–H groups in total. The largest absolute Gasteiger partial charge is 0.494 e. The van der Waals surface area contributed by atoms with Crippen LogP contribution in [0.2, 0.25) is 0 Å². The Hall–Kier alpha value is -2.83. The van der Waals surface area contributed by atoms with Crippen molar-refractivity contribution in [3.05, 3.63) is 52.3 Å². The van der Waals surface area contributed by atoms with Crippen LogP contribution in [0.4, 0.5) is 5.88 Å². The molecule has 0 saturated carbocycles. The van der Waals surface area contributed by atoms with E-state index in [-0.39, 0.29) is 11.5 Å². The second-order valence-corrected chi connectivity index (χ2v) is 3.69. The number of nitrogens with zero attached hydrogens (tertiary/aromatic N) is 1. The quantitative estimate of drug-likeness (QED) is 0.361. The van der Waals surface area contributed by atoms with Crippen molar-refractivity contribution in [2.24, 2.45) is 0 Å². The molecule has 0 atom stereocenters. The zero-order chi connectivity index (χ0) is 14.5. The SMILES string of the molecule is CCOc1ccc(OC(=O)c2ccc([N+](=O)[O-])o2)cc1. The average molecular weight is 277 g/mol. The number of ether oxygens (including phenoxy) is 2. The van der Waals surface area contributed by atoms with Crippen molar-refractivity contribution in [3.63, 3.8) is 0 Å². The van der Waals surface area contributed by atoms with Gasteiger partial charge < -0.3 is 13.9 Å². The van der Waals surface area contributed by atoms with Gasteiger partial charge in [0.25, 0.3) is 0 Å². The molecule has 20 heavy (non-hydrogen) atoms. The molecular weight excluding hydrogens is 266 g/mol. The molecule has 0 amide bonds. The minimum atomic E-state index is -0.803. The lowest BCUT2D eigenvalue weighted by Gasteiger charge is -2.04. The molecule has 0 aliphatic carbocycles. The number of esters is 1. The molecule has 2 rings (SSSR count). The van der Waals surface area contributed by atoms with Gasteiger partial charge in [-0.15, -0.1) is 0 Å². The summed E-state index contributed by atoms with van der Waals surface area (Å²) in [6.45, 7) is 2.40. The van der Waals surface area contributed by atoms with Crippen molar-refractivity contribution in [1.29, 1.82) is 0 Å². The number of hydrogen-bond acceptors (Lipinski definition) is 6. The van der Waals surface area contributed by atoms with Gasteiger partial charge >= 0.3 is 11.9 Å². The summed E-state index contributed by atoms with van der Waals surface area (Å²) in [4.78, 5) is 21.4. The van der Waals surface area contributed by atoms with E-state index in [1.54, 1.807) is 24.3 Å². The number of furan rings is 1. The van der Waals surface area contributed by atoms with Crippen molar-refractivity contribution in [3.8, 4) is 11.5 Å². The first-order valence-corrected chi connectivity index (χ1v) is 5.79. The molecule has 2 aromatic rings. The standard InChI is InChI=1S/C13H11NO6/c1-2-18-9-3-5-10(6-4-9)19-13(15)11-7-8-12(20-11)14(16)17/h3-8H,2H2,1H3. The van der Waals surface area contributed by atoms with Crippen LogP contribution in [0.15, 0.2) is 40.8 Å². The van der Waals surface area contributed by atoms with E-state index in [1.165, 1.54) is 6.07 Å². The summed E-state index contributed by atoms with van der Waals surface area (Å²) in [6.07, 6.45) is 0. The third-order valence-electron chi connectivity index (χ3n) is 2.32. The molecule has 1 heterocycles. The lowest BCUT2D eigenvalue weighted by molar-refractivity contribution is -0.402. The molecule has 7 heteroatoms. The topological polar surface area (TPSA) is 91.8 Å². The molecule has 0 aliphatic rings. The van der Waals surface area contributed by atoms with Gasteiger partial charge in [0.2, 0.25) is 5.76 Å². The Morgan fingerprint density at radius 2 is 1.85 bits per heavy atom. The molecule has 0 unspecified atom stereocenters. The fraction of sp³-hybridized carbons (Fsp3) is 0.154. The monoisotopic (exact) mass is 277 g/mol. The van der Waals surface area contributed by atoms with E-state index in [1.807, 2.05) is 6.92 Å². The summed E-state index contributed by atoms with van der Waals surface area (Å²) in [5, 5.41) is 10.4. The van der Waals surface area contributed by atoms with Crippen LogP contribution < -0.4 is 9.47 Å². The molecule has 0 aliphatic heterocycles. The molecule has 0 spiro atoms. The van der Waals surface area contributed by atoms with Crippen molar-refractivity contribution in [1.82, 2.24) is 0 Å². The van der Waals surface area contributed by atoms with E-state index in [2.05, 4.69) is 0 Å². The molecule has 104 valence electrons. The molecule has 7 nitrogen and oxygen atoms in total. The maximum Gasteiger partial charge on any atom is 0.433 e. The van der Waals surface area contributed by atoms with Crippen LogP contribution in [0.5, 0.6) is 11.5 Å². The molecule has 0 saturated heterocycles. The zero-order valence-electron chi connectivity index (χ0n) is 10.6. The maximum atomic E-state index is 11.7. The Labute approximate surface area is 113 Å². The Kier molecular flexibility index (Phi) is 3.99. The lowest BCUT2D eigenvalue weighted by Crippen LogP contribution is -2.07. The third kappa shape index (κ3) is 3.14. The number of rotatable bonds is 5. The van der Waals surface area contributed by atoms with Gasteiger partial charge in [-0.25, -0.2) is 4.79 Å². The van der Waals surface area contributed by atoms with E-state index in [4.69, 9.17) is 13.9 Å². The van der Waals surface area contributed by atoms with E-state index < -0.39 is 16.8 Å². The van der Waals surface area contributed by atoms with Crippen molar-refractivity contribution in [2.75, 3.05) is 6.61 Å². The van der Waals surface area contributed by atoms with E-state index in [9.17, 15) is 14.9 Å². The van der Waals surface area contributed by atoms with Gasteiger partial charge in [0.1, 0.15) is 16.4 Å². The Morgan fingerprint density at radius 1 is 1.20 bits per heavy atom. The number of benzene rings is 1. The van der Waals surface area contributed by atoms with Crippen LogP contribution in [0.1, 0.15) is 17.5 Å². The second-order valence-electron chi connectivity index (χ2n) is 3.69. The fourth-order valence-electron chi connectivity index (χ4n) is 1.46. The lowest BCUT2D eigenvalue weighted by atomic mass is 10.3. The molecule has 0 bridgehead atoms. The molecule has 1 aromatic heterocycles. The third-order valence-corrected chi connectivity index (χ3v) is 2.32. The maximum absolute atomic E-state index is 11.7. The summed E-state index contributed by atoms with van der Waals surface area (Å²) in [6, 6.07) is 8.69. The predicted octanol–water partition coefficient (Wildman–Crippen LogP) is 2.81. The first kappa shape index (κ1) is 13.6. The van der Waals surface area contributed by atoms with Gasteiger partial charge in [0.15, 0.2) is 0 Å². The minimum Gasteiger partial charge on any atom is -0.494 e. The number of carbonyl (C=O) groups is 1. The number of hydrogen-bond donors (Lipinski definition) is 0. The first-order valence-electron chi connectivity index (χ1n) is 5.79. The van der Waals surface area contributed by atoms with Crippen LogP contribution in [-0.2, 0) is 0 Å². The molecule has 0 fully saturated rings. The zero-order valence-corrected chi connectivity index (χ0v) is 10.6. The van der Waals surface area contributed by atoms with Crippen LogP contribution in [0.3, 0.4) is 0 Å². The molecule has 1 aromatic carbocycles. The normalized spacial score (nSPS) is 10.1. The van der Waals surface area contributed by atoms with Gasteiger partial charge in [-0.3, -0.25) is 10.1 Å². The summed E-state index contributed by atoms with van der Waals surface area (Å²) in [5.41, 5.74) is 0. The highest BCUT2D eigenvalue weighted by Gasteiger charge is 2.18. The van der Waals surface area contributed by atoms with Gasteiger partial charge in [0.05, 0.1) is 12.7 Å². The highest BCUT2D eigenvalue weighted by atomic mass is 16.7. The minimum absolute atomic E-state index is 0.231. The Balaban J connectivity index is 2.04. The van der Waals surface area contributed by atoms with E-state index >= 15 is 0 Å². The predicted molar refractivity (Wildman–Crippen MR) is 67.9 cm³/mol. The molecule has 0 radical (unpaired) electrons. The average Bonchev–Trinajstić information content (AvgIpc) is 2.91. The van der Waals surface area contributed by atoms with Gasteiger partial charge in [-0.2, -0.15) is 0 Å². The van der Waals surface area contributed by atoms with E-state index in [0.29, 0.717) is 12.4 Å². The van der Waals surface area contributed by atoms with Gasteiger partial charge in [0, 0.05) is 0 Å². The smallest absolute Gasteiger partial charge is 0.433 e. The highest BCUT2D eigenvalue weighted by molar-refractivity contribution is 5.88. The van der Waals surface area contributed by atoms with Crippen LogP contribution >= 0.6 is 0 Å².